The number of rotatable bonds is 4. The Bertz CT molecular complexity index is 698. The fourth-order valence-corrected chi connectivity index (χ4v) is 3.06. The SMILES string of the molecule is CCN1CCN(C(=O)c2ccc(Nc3cccc(Br)c3)nn2)CC1. The smallest absolute Gasteiger partial charge is 0.274 e. The highest BCUT2D eigenvalue weighted by molar-refractivity contribution is 9.10. The van der Waals surface area contributed by atoms with Crippen molar-refractivity contribution < 1.29 is 4.79 Å². The Morgan fingerprint density at radius 3 is 2.58 bits per heavy atom. The molecule has 1 aromatic heterocycles. The van der Waals surface area contributed by atoms with Gasteiger partial charge in [0.05, 0.1) is 0 Å². The Balaban J connectivity index is 1.63. The summed E-state index contributed by atoms with van der Waals surface area (Å²) in [5, 5.41) is 11.4. The second-order valence-electron chi connectivity index (χ2n) is 5.67. The topological polar surface area (TPSA) is 61.4 Å². The first-order valence-corrected chi connectivity index (χ1v) is 8.83. The predicted molar refractivity (Wildman–Crippen MR) is 97.5 cm³/mol. The van der Waals surface area contributed by atoms with Crippen LogP contribution in [0.15, 0.2) is 40.9 Å². The van der Waals surface area contributed by atoms with Gasteiger partial charge in [0.2, 0.25) is 0 Å². The van der Waals surface area contributed by atoms with Gasteiger partial charge in [-0.2, -0.15) is 0 Å². The number of carbonyl (C=O) groups is 1. The highest BCUT2D eigenvalue weighted by Gasteiger charge is 2.22. The van der Waals surface area contributed by atoms with Crippen LogP contribution in [0.25, 0.3) is 0 Å². The average Bonchev–Trinajstić information content (AvgIpc) is 2.62. The summed E-state index contributed by atoms with van der Waals surface area (Å²) in [6, 6.07) is 11.3. The van der Waals surface area contributed by atoms with Crippen LogP contribution in [0, 0.1) is 0 Å². The van der Waals surface area contributed by atoms with Crippen LogP contribution < -0.4 is 5.32 Å². The standard InChI is InChI=1S/C17H20BrN5O/c1-2-22-8-10-23(11-9-22)17(24)15-6-7-16(21-20-15)19-14-5-3-4-13(18)12-14/h3-7,12H,2,8-11H2,1H3,(H,19,21). The molecule has 0 bridgehead atoms. The number of benzene rings is 1. The van der Waals surface area contributed by atoms with Crippen molar-refractivity contribution in [3.63, 3.8) is 0 Å². The van der Waals surface area contributed by atoms with Crippen molar-refractivity contribution in [1.82, 2.24) is 20.0 Å². The molecule has 0 radical (unpaired) electrons. The van der Waals surface area contributed by atoms with Crippen LogP contribution in [0.1, 0.15) is 17.4 Å². The maximum atomic E-state index is 12.5. The Hall–Kier alpha value is -1.99. The van der Waals surface area contributed by atoms with Gasteiger partial charge in [0, 0.05) is 36.3 Å². The van der Waals surface area contributed by atoms with Gasteiger partial charge in [0.15, 0.2) is 11.5 Å². The van der Waals surface area contributed by atoms with E-state index < -0.39 is 0 Å². The Morgan fingerprint density at radius 1 is 1.17 bits per heavy atom. The number of amides is 1. The number of aromatic nitrogens is 2. The van der Waals surface area contributed by atoms with E-state index in [0.29, 0.717) is 11.5 Å². The zero-order chi connectivity index (χ0) is 16.9. The maximum absolute atomic E-state index is 12.5. The van der Waals surface area contributed by atoms with E-state index in [1.807, 2.05) is 29.2 Å². The first-order chi connectivity index (χ1) is 11.7. The van der Waals surface area contributed by atoms with Gasteiger partial charge >= 0.3 is 0 Å². The number of likely N-dealkylation sites (N-methyl/N-ethyl adjacent to an activating group) is 1. The van der Waals surface area contributed by atoms with Crippen molar-refractivity contribution in [2.45, 2.75) is 6.92 Å². The molecule has 7 heteroatoms. The van der Waals surface area contributed by atoms with Crippen LogP contribution in [0.4, 0.5) is 11.5 Å². The van der Waals surface area contributed by atoms with Crippen LogP contribution in [-0.2, 0) is 0 Å². The van der Waals surface area contributed by atoms with E-state index in [1.54, 1.807) is 12.1 Å². The molecule has 3 rings (SSSR count). The molecule has 0 unspecified atom stereocenters. The third-order valence-electron chi connectivity index (χ3n) is 4.09. The molecule has 1 aliphatic rings. The van der Waals surface area contributed by atoms with Gasteiger partial charge in [-0.05, 0) is 36.9 Å². The van der Waals surface area contributed by atoms with Gasteiger partial charge in [0.25, 0.3) is 5.91 Å². The van der Waals surface area contributed by atoms with Crippen molar-refractivity contribution in [2.24, 2.45) is 0 Å². The summed E-state index contributed by atoms with van der Waals surface area (Å²) < 4.78 is 0.985. The molecule has 1 N–H and O–H groups in total. The van der Waals surface area contributed by atoms with Crippen molar-refractivity contribution in [3.8, 4) is 0 Å². The number of carbonyl (C=O) groups excluding carboxylic acids is 1. The lowest BCUT2D eigenvalue weighted by Gasteiger charge is -2.33. The highest BCUT2D eigenvalue weighted by atomic mass is 79.9. The number of nitrogens with zero attached hydrogens (tertiary/aromatic N) is 4. The maximum Gasteiger partial charge on any atom is 0.274 e. The molecule has 0 spiro atoms. The van der Waals surface area contributed by atoms with Gasteiger partial charge in [-0.1, -0.05) is 28.9 Å². The number of piperazine rings is 1. The van der Waals surface area contributed by atoms with E-state index in [4.69, 9.17) is 0 Å². The molecular weight excluding hydrogens is 370 g/mol. The molecule has 0 saturated carbocycles. The average molecular weight is 390 g/mol. The van der Waals surface area contributed by atoms with Crippen molar-refractivity contribution in [1.29, 1.82) is 0 Å². The molecule has 24 heavy (non-hydrogen) atoms. The van der Waals surface area contributed by atoms with E-state index in [1.165, 1.54) is 0 Å². The van der Waals surface area contributed by atoms with E-state index in [9.17, 15) is 4.79 Å². The van der Waals surface area contributed by atoms with Crippen LogP contribution in [0.3, 0.4) is 0 Å². The monoisotopic (exact) mass is 389 g/mol. The third kappa shape index (κ3) is 4.10. The third-order valence-corrected chi connectivity index (χ3v) is 4.58. The summed E-state index contributed by atoms with van der Waals surface area (Å²) >= 11 is 3.43. The van der Waals surface area contributed by atoms with Crippen LogP contribution in [0.5, 0.6) is 0 Å². The lowest BCUT2D eigenvalue weighted by Crippen LogP contribution is -2.48. The highest BCUT2D eigenvalue weighted by Crippen LogP contribution is 2.19. The summed E-state index contributed by atoms with van der Waals surface area (Å²) in [6.45, 7) is 6.48. The van der Waals surface area contributed by atoms with Crippen molar-refractivity contribution in [2.75, 3.05) is 38.0 Å². The first kappa shape index (κ1) is 16.9. The largest absolute Gasteiger partial charge is 0.339 e. The summed E-state index contributed by atoms with van der Waals surface area (Å²) in [7, 11) is 0. The fourth-order valence-electron chi connectivity index (χ4n) is 2.66. The Kier molecular flexibility index (Phi) is 5.42. The van der Waals surface area contributed by atoms with Crippen LogP contribution >= 0.6 is 15.9 Å². The fraction of sp³-hybridized carbons (Fsp3) is 0.353. The zero-order valence-corrected chi connectivity index (χ0v) is 15.2. The van der Waals surface area contributed by atoms with Gasteiger partial charge in [-0.3, -0.25) is 4.79 Å². The predicted octanol–water partition coefficient (Wildman–Crippen LogP) is 2.76. The minimum Gasteiger partial charge on any atom is -0.339 e. The molecule has 2 heterocycles. The molecule has 1 saturated heterocycles. The Morgan fingerprint density at radius 2 is 1.96 bits per heavy atom. The molecule has 1 aromatic carbocycles. The Labute approximate surface area is 150 Å². The summed E-state index contributed by atoms with van der Waals surface area (Å²) in [5.41, 5.74) is 1.30. The number of hydrogen-bond donors (Lipinski definition) is 1. The first-order valence-electron chi connectivity index (χ1n) is 8.03. The second-order valence-corrected chi connectivity index (χ2v) is 6.58. The van der Waals surface area contributed by atoms with Gasteiger partial charge < -0.3 is 15.1 Å². The molecule has 6 nitrogen and oxygen atoms in total. The molecule has 1 fully saturated rings. The van der Waals surface area contributed by atoms with Gasteiger partial charge in [0.1, 0.15) is 0 Å². The number of halogens is 1. The number of nitrogens with one attached hydrogen (secondary N) is 1. The lowest BCUT2D eigenvalue weighted by molar-refractivity contribution is 0.0636. The van der Waals surface area contributed by atoms with Gasteiger partial charge in [-0.25, -0.2) is 0 Å². The molecule has 126 valence electrons. The number of anilines is 2. The summed E-state index contributed by atoms with van der Waals surface area (Å²) in [5.74, 6) is 0.563. The number of hydrogen-bond acceptors (Lipinski definition) is 5. The molecular formula is C17H20BrN5O. The zero-order valence-electron chi connectivity index (χ0n) is 13.6. The van der Waals surface area contributed by atoms with Gasteiger partial charge in [-0.15, -0.1) is 10.2 Å². The minimum absolute atomic E-state index is 0.0488. The van der Waals surface area contributed by atoms with E-state index in [0.717, 1.165) is 42.9 Å². The molecule has 2 aromatic rings. The van der Waals surface area contributed by atoms with Crippen LogP contribution in [-0.4, -0.2) is 58.6 Å². The second kappa shape index (κ2) is 7.72. The van der Waals surface area contributed by atoms with Crippen LogP contribution in [0.2, 0.25) is 0 Å². The lowest BCUT2D eigenvalue weighted by atomic mass is 10.2. The molecule has 0 aliphatic carbocycles. The summed E-state index contributed by atoms with van der Waals surface area (Å²) in [4.78, 5) is 16.7. The normalized spacial score (nSPS) is 15.3. The van der Waals surface area contributed by atoms with Crippen molar-refractivity contribution >= 4 is 33.3 Å². The van der Waals surface area contributed by atoms with E-state index >= 15 is 0 Å². The van der Waals surface area contributed by atoms with E-state index in [-0.39, 0.29) is 5.91 Å². The molecule has 1 amide bonds. The quantitative estimate of drug-likeness (QED) is 0.870. The minimum atomic E-state index is -0.0488. The molecule has 1 aliphatic heterocycles. The summed E-state index contributed by atoms with van der Waals surface area (Å²) in [6.07, 6.45) is 0. The molecule has 0 atom stereocenters. The van der Waals surface area contributed by atoms with E-state index in [2.05, 4.69) is 43.3 Å². The van der Waals surface area contributed by atoms with Crippen molar-refractivity contribution in [3.05, 3.63) is 46.6 Å².